The Morgan fingerprint density at radius 3 is 2.73 bits per heavy atom. The zero-order valence-electron chi connectivity index (χ0n) is 15.5. The van der Waals surface area contributed by atoms with Crippen LogP contribution in [0.25, 0.3) is 5.65 Å². The minimum atomic E-state index is 0.753. The smallest absolute Gasteiger partial charge is 0.193 e. The van der Waals surface area contributed by atoms with E-state index in [4.69, 9.17) is 4.99 Å². The van der Waals surface area contributed by atoms with Crippen molar-refractivity contribution in [1.29, 1.82) is 0 Å². The molecule has 0 atom stereocenters. The Morgan fingerprint density at radius 2 is 1.92 bits per heavy atom. The van der Waals surface area contributed by atoms with E-state index in [0.29, 0.717) is 0 Å². The lowest BCUT2D eigenvalue weighted by Gasteiger charge is -2.22. The van der Waals surface area contributed by atoms with Gasteiger partial charge in [0.1, 0.15) is 5.82 Å². The molecule has 0 saturated heterocycles. The fourth-order valence-electron chi connectivity index (χ4n) is 2.89. The van der Waals surface area contributed by atoms with Gasteiger partial charge in [0.25, 0.3) is 0 Å². The summed E-state index contributed by atoms with van der Waals surface area (Å²) in [7, 11) is 2.07. The van der Waals surface area contributed by atoms with E-state index in [1.807, 2.05) is 34.9 Å². The maximum Gasteiger partial charge on any atom is 0.193 e. The second-order valence-corrected chi connectivity index (χ2v) is 6.23. The van der Waals surface area contributed by atoms with Crippen molar-refractivity contribution >= 4 is 11.6 Å². The number of guanidine groups is 1. The van der Waals surface area contributed by atoms with E-state index < -0.39 is 0 Å². The van der Waals surface area contributed by atoms with Gasteiger partial charge in [0.15, 0.2) is 11.6 Å². The summed E-state index contributed by atoms with van der Waals surface area (Å²) in [6.45, 7) is 4.53. The van der Waals surface area contributed by atoms with Crippen LogP contribution in [0.5, 0.6) is 0 Å². The Morgan fingerprint density at radius 1 is 1.12 bits per heavy atom. The first-order chi connectivity index (χ1) is 12.8. The molecule has 0 unspecified atom stereocenters. The average Bonchev–Trinajstić information content (AvgIpc) is 3.08. The predicted octanol–water partition coefficient (Wildman–Crippen LogP) is 2.76. The molecular formula is C20H26N6. The molecule has 0 aliphatic heterocycles. The molecule has 0 fully saturated rings. The van der Waals surface area contributed by atoms with Crippen LogP contribution in [0.15, 0.2) is 59.7 Å². The molecule has 0 amide bonds. The summed E-state index contributed by atoms with van der Waals surface area (Å²) in [6, 6.07) is 16.4. The van der Waals surface area contributed by atoms with Gasteiger partial charge in [0.05, 0.1) is 0 Å². The highest BCUT2D eigenvalue weighted by Crippen LogP contribution is 2.06. The van der Waals surface area contributed by atoms with E-state index in [-0.39, 0.29) is 0 Å². The van der Waals surface area contributed by atoms with Gasteiger partial charge < -0.3 is 10.2 Å². The van der Waals surface area contributed by atoms with E-state index in [1.165, 1.54) is 5.56 Å². The van der Waals surface area contributed by atoms with Crippen molar-refractivity contribution in [2.45, 2.75) is 26.3 Å². The van der Waals surface area contributed by atoms with Gasteiger partial charge in [-0.1, -0.05) is 36.4 Å². The third-order valence-electron chi connectivity index (χ3n) is 4.16. The van der Waals surface area contributed by atoms with Crippen molar-refractivity contribution in [3.8, 4) is 0 Å². The van der Waals surface area contributed by atoms with Crippen LogP contribution in [0.1, 0.15) is 24.7 Å². The fraction of sp³-hybridized carbons (Fsp3) is 0.350. The third kappa shape index (κ3) is 4.59. The van der Waals surface area contributed by atoms with E-state index in [2.05, 4.69) is 58.7 Å². The van der Waals surface area contributed by atoms with Crippen LogP contribution < -0.4 is 5.32 Å². The Kier molecular flexibility index (Phi) is 6.19. The minimum Gasteiger partial charge on any atom is -0.357 e. The molecule has 0 aliphatic carbocycles. The van der Waals surface area contributed by atoms with Gasteiger partial charge in [-0.25, -0.2) is 0 Å². The molecule has 0 radical (unpaired) electrons. The molecule has 136 valence electrons. The molecule has 0 aliphatic rings. The number of hydrogen-bond donors (Lipinski definition) is 1. The van der Waals surface area contributed by atoms with Crippen LogP contribution in [0.2, 0.25) is 0 Å². The summed E-state index contributed by atoms with van der Waals surface area (Å²) in [5.41, 5.74) is 2.16. The third-order valence-corrected chi connectivity index (χ3v) is 4.16. The molecule has 2 aromatic heterocycles. The van der Waals surface area contributed by atoms with E-state index >= 15 is 0 Å². The van der Waals surface area contributed by atoms with Gasteiger partial charge in [0, 0.05) is 39.3 Å². The van der Waals surface area contributed by atoms with Gasteiger partial charge in [0.2, 0.25) is 0 Å². The Bertz CT molecular complexity index is 840. The number of rotatable bonds is 7. The minimum absolute atomic E-state index is 0.753. The van der Waals surface area contributed by atoms with Crippen LogP contribution in [0.4, 0.5) is 0 Å². The summed E-state index contributed by atoms with van der Waals surface area (Å²) in [6.07, 6.45) is 3.80. The van der Waals surface area contributed by atoms with Crippen molar-refractivity contribution in [3.63, 3.8) is 0 Å². The number of aliphatic imine (C=N–C) groups is 1. The number of benzene rings is 1. The van der Waals surface area contributed by atoms with Crippen molar-refractivity contribution in [3.05, 3.63) is 66.1 Å². The summed E-state index contributed by atoms with van der Waals surface area (Å²) in [5, 5.41) is 11.8. The highest BCUT2D eigenvalue weighted by atomic mass is 15.3. The number of fused-ring (bicyclic) bond motifs is 1. The van der Waals surface area contributed by atoms with Crippen LogP contribution in [0.3, 0.4) is 0 Å². The summed E-state index contributed by atoms with van der Waals surface area (Å²) in [5.74, 6) is 1.92. The molecule has 3 rings (SSSR count). The molecule has 0 bridgehead atoms. The zero-order chi connectivity index (χ0) is 18.2. The first-order valence-corrected chi connectivity index (χ1v) is 9.10. The topological polar surface area (TPSA) is 57.8 Å². The van der Waals surface area contributed by atoms with Crippen LogP contribution >= 0.6 is 0 Å². The summed E-state index contributed by atoms with van der Waals surface area (Å²) in [4.78, 5) is 6.92. The van der Waals surface area contributed by atoms with Crippen LogP contribution in [-0.2, 0) is 13.0 Å². The Hall–Kier alpha value is -2.89. The second-order valence-electron chi connectivity index (χ2n) is 6.23. The Balaban J connectivity index is 1.57. The molecular weight excluding hydrogens is 324 g/mol. The molecule has 0 spiro atoms. The highest BCUT2D eigenvalue weighted by molar-refractivity contribution is 5.79. The first kappa shape index (κ1) is 17.9. The molecule has 3 aromatic rings. The van der Waals surface area contributed by atoms with Gasteiger partial charge in [-0.15, -0.1) is 10.2 Å². The molecule has 0 saturated carbocycles. The SMILES string of the molecule is CCNC(=NCCCc1nnc2ccccn12)N(C)Cc1ccccc1. The van der Waals surface area contributed by atoms with Crippen molar-refractivity contribution < 1.29 is 0 Å². The van der Waals surface area contributed by atoms with Crippen LogP contribution in [0, 0.1) is 0 Å². The summed E-state index contributed by atoms with van der Waals surface area (Å²) < 4.78 is 2.04. The van der Waals surface area contributed by atoms with Crippen molar-refractivity contribution in [1.82, 2.24) is 24.8 Å². The van der Waals surface area contributed by atoms with Gasteiger partial charge in [-0.3, -0.25) is 9.39 Å². The Labute approximate surface area is 154 Å². The number of nitrogens with one attached hydrogen (secondary N) is 1. The first-order valence-electron chi connectivity index (χ1n) is 9.10. The maximum absolute atomic E-state index is 4.76. The summed E-state index contributed by atoms with van der Waals surface area (Å²) >= 11 is 0. The van der Waals surface area contributed by atoms with E-state index in [9.17, 15) is 0 Å². The number of pyridine rings is 1. The molecule has 1 aromatic carbocycles. The highest BCUT2D eigenvalue weighted by Gasteiger charge is 2.07. The van der Waals surface area contributed by atoms with E-state index in [0.717, 1.165) is 49.9 Å². The fourth-order valence-corrected chi connectivity index (χ4v) is 2.89. The number of nitrogens with zero attached hydrogens (tertiary/aromatic N) is 5. The quantitative estimate of drug-likeness (QED) is 0.404. The molecule has 6 nitrogen and oxygen atoms in total. The lowest BCUT2D eigenvalue weighted by atomic mass is 10.2. The largest absolute Gasteiger partial charge is 0.357 e. The lowest BCUT2D eigenvalue weighted by molar-refractivity contribution is 0.476. The molecule has 2 heterocycles. The molecule has 6 heteroatoms. The van der Waals surface area contributed by atoms with Gasteiger partial charge >= 0.3 is 0 Å². The van der Waals surface area contributed by atoms with Crippen molar-refractivity contribution in [2.24, 2.45) is 4.99 Å². The normalized spacial score (nSPS) is 11.7. The van der Waals surface area contributed by atoms with Crippen LogP contribution in [-0.4, -0.2) is 45.6 Å². The maximum atomic E-state index is 4.76. The average molecular weight is 350 g/mol. The van der Waals surface area contributed by atoms with Crippen molar-refractivity contribution in [2.75, 3.05) is 20.1 Å². The predicted molar refractivity (Wildman–Crippen MR) is 105 cm³/mol. The monoisotopic (exact) mass is 350 g/mol. The number of hydrogen-bond acceptors (Lipinski definition) is 3. The van der Waals surface area contributed by atoms with Gasteiger partial charge in [-0.05, 0) is 31.0 Å². The number of aromatic nitrogens is 3. The zero-order valence-corrected chi connectivity index (χ0v) is 15.5. The second kappa shape index (κ2) is 8.99. The molecule has 26 heavy (non-hydrogen) atoms. The lowest BCUT2D eigenvalue weighted by Crippen LogP contribution is -2.38. The standard InChI is InChI=1S/C20H26N6/c1-3-21-20(25(2)16-17-10-5-4-6-11-17)22-14-9-13-19-24-23-18-12-7-8-15-26(18)19/h4-8,10-12,15H,3,9,13-14,16H2,1-2H3,(H,21,22). The number of aryl methyl sites for hydroxylation is 1. The van der Waals surface area contributed by atoms with Gasteiger partial charge in [-0.2, -0.15) is 0 Å². The van der Waals surface area contributed by atoms with E-state index in [1.54, 1.807) is 0 Å². The molecule has 1 N–H and O–H groups in total.